The van der Waals surface area contributed by atoms with Gasteiger partial charge < -0.3 is 4.74 Å². The third-order valence-corrected chi connectivity index (χ3v) is 6.36. The number of aryl methyl sites for hydroxylation is 1. The van der Waals surface area contributed by atoms with Crippen LogP contribution in [-0.4, -0.2) is 60.2 Å². The van der Waals surface area contributed by atoms with Gasteiger partial charge in [0.05, 0.1) is 13.2 Å². The lowest BCUT2D eigenvalue weighted by molar-refractivity contribution is 0.0282. The Morgan fingerprint density at radius 1 is 1.38 bits per heavy atom. The summed E-state index contributed by atoms with van der Waals surface area (Å²) in [7, 11) is 4.12. The highest BCUT2D eigenvalue weighted by Gasteiger charge is 2.45. The first-order valence-electron chi connectivity index (χ1n) is 7.98. The summed E-state index contributed by atoms with van der Waals surface area (Å²) >= 11 is 1.79. The second-order valence-corrected chi connectivity index (χ2v) is 7.58. The van der Waals surface area contributed by atoms with Crippen LogP contribution in [0.15, 0.2) is 5.38 Å². The van der Waals surface area contributed by atoms with E-state index in [1.54, 1.807) is 11.3 Å². The number of rotatable bonds is 4. The monoisotopic (exact) mass is 309 g/mol. The van der Waals surface area contributed by atoms with Gasteiger partial charge in [-0.3, -0.25) is 9.80 Å². The van der Waals surface area contributed by atoms with Crippen molar-refractivity contribution < 1.29 is 4.74 Å². The molecule has 0 amide bonds. The lowest BCUT2D eigenvalue weighted by Crippen LogP contribution is -2.52. The molecule has 3 heterocycles. The van der Waals surface area contributed by atoms with Crippen LogP contribution >= 0.6 is 11.3 Å². The van der Waals surface area contributed by atoms with E-state index in [0.717, 1.165) is 18.8 Å². The number of likely N-dealkylation sites (N-methyl/N-ethyl adjacent to an activating group) is 1. The van der Waals surface area contributed by atoms with Gasteiger partial charge in [-0.25, -0.2) is 4.98 Å². The van der Waals surface area contributed by atoms with Crippen molar-refractivity contribution in [1.29, 1.82) is 0 Å². The van der Waals surface area contributed by atoms with E-state index in [4.69, 9.17) is 4.74 Å². The lowest BCUT2D eigenvalue weighted by Gasteiger charge is -2.44. The van der Waals surface area contributed by atoms with Gasteiger partial charge in [0, 0.05) is 42.9 Å². The van der Waals surface area contributed by atoms with Gasteiger partial charge in [-0.05, 0) is 39.7 Å². The van der Waals surface area contributed by atoms with E-state index in [9.17, 15) is 0 Å². The second-order valence-electron chi connectivity index (χ2n) is 6.64. The average molecular weight is 309 g/mol. The fraction of sp³-hybridized carbons (Fsp3) is 0.812. The summed E-state index contributed by atoms with van der Waals surface area (Å²) in [6.07, 6.45) is 5.19. The number of nitrogens with zero attached hydrogens (tertiary/aromatic N) is 3. The van der Waals surface area contributed by atoms with E-state index in [0.29, 0.717) is 11.6 Å². The molecule has 1 aromatic rings. The Morgan fingerprint density at radius 3 is 2.76 bits per heavy atom. The van der Waals surface area contributed by atoms with E-state index < -0.39 is 0 Å². The van der Waals surface area contributed by atoms with Crippen molar-refractivity contribution in [2.24, 2.45) is 0 Å². The van der Waals surface area contributed by atoms with E-state index in [-0.39, 0.29) is 0 Å². The third kappa shape index (κ3) is 3.16. The molecule has 5 heteroatoms. The Labute approximate surface area is 132 Å². The molecule has 2 aliphatic heterocycles. The number of piperidine rings is 1. The normalized spacial score (nSPS) is 26.7. The van der Waals surface area contributed by atoms with Crippen LogP contribution in [0.5, 0.6) is 0 Å². The van der Waals surface area contributed by atoms with Crippen molar-refractivity contribution >= 4 is 11.3 Å². The van der Waals surface area contributed by atoms with Crippen molar-refractivity contribution in [2.75, 3.05) is 33.9 Å². The number of hydrogen-bond acceptors (Lipinski definition) is 5. The molecule has 2 aliphatic rings. The van der Waals surface area contributed by atoms with Gasteiger partial charge in [-0.2, -0.15) is 0 Å². The molecular weight excluding hydrogens is 282 g/mol. The third-order valence-electron chi connectivity index (χ3n) is 5.41. The number of ether oxygens (including phenoxy) is 1. The smallest absolute Gasteiger partial charge is 0.107 e. The first-order chi connectivity index (χ1) is 10.1. The molecule has 0 N–H and O–H groups in total. The quantitative estimate of drug-likeness (QED) is 0.854. The molecule has 0 bridgehead atoms. The van der Waals surface area contributed by atoms with Crippen LogP contribution in [0.25, 0.3) is 0 Å². The van der Waals surface area contributed by atoms with Crippen molar-refractivity contribution in [3.05, 3.63) is 16.1 Å². The minimum atomic E-state index is 0.429. The molecule has 0 aliphatic carbocycles. The summed E-state index contributed by atoms with van der Waals surface area (Å²) in [5, 5.41) is 3.42. The molecule has 118 valence electrons. The number of thiazole rings is 1. The van der Waals surface area contributed by atoms with Crippen LogP contribution in [-0.2, 0) is 11.3 Å². The van der Waals surface area contributed by atoms with Gasteiger partial charge in [-0.15, -0.1) is 11.3 Å². The maximum atomic E-state index is 5.37. The van der Waals surface area contributed by atoms with Crippen LogP contribution in [0.1, 0.15) is 36.4 Å². The molecule has 0 aromatic carbocycles. The Morgan fingerprint density at radius 2 is 2.14 bits per heavy atom. The fourth-order valence-electron chi connectivity index (χ4n) is 3.98. The molecule has 0 unspecified atom stereocenters. The van der Waals surface area contributed by atoms with E-state index >= 15 is 0 Å². The Kier molecular flexibility index (Phi) is 4.64. The van der Waals surface area contributed by atoms with Crippen LogP contribution in [0, 0.1) is 6.92 Å². The largest absolute Gasteiger partial charge is 0.383 e. The van der Waals surface area contributed by atoms with Crippen molar-refractivity contribution in [3.8, 4) is 0 Å². The lowest BCUT2D eigenvalue weighted by atomic mass is 9.85. The highest BCUT2D eigenvalue weighted by molar-refractivity contribution is 7.09. The molecule has 2 saturated heterocycles. The molecule has 1 spiro atoms. The van der Waals surface area contributed by atoms with E-state index in [1.165, 1.54) is 43.8 Å². The number of methoxy groups -OCH3 is 1. The Balaban J connectivity index is 1.55. The summed E-state index contributed by atoms with van der Waals surface area (Å²) in [4.78, 5) is 9.78. The zero-order valence-corrected chi connectivity index (χ0v) is 14.3. The molecule has 21 heavy (non-hydrogen) atoms. The molecule has 1 aromatic heterocycles. The summed E-state index contributed by atoms with van der Waals surface area (Å²) in [6.45, 7) is 6.38. The maximum Gasteiger partial charge on any atom is 0.107 e. The van der Waals surface area contributed by atoms with Gasteiger partial charge in [-0.1, -0.05) is 0 Å². The van der Waals surface area contributed by atoms with Crippen LogP contribution in [0.3, 0.4) is 0 Å². The van der Waals surface area contributed by atoms with Gasteiger partial charge in [0.2, 0.25) is 0 Å². The highest BCUT2D eigenvalue weighted by Crippen LogP contribution is 2.40. The summed E-state index contributed by atoms with van der Waals surface area (Å²) in [5.41, 5.74) is 1.58. The zero-order valence-electron chi connectivity index (χ0n) is 13.5. The summed E-state index contributed by atoms with van der Waals surface area (Å²) in [6, 6.07) is 0.614. The van der Waals surface area contributed by atoms with Crippen molar-refractivity contribution in [1.82, 2.24) is 14.8 Å². The van der Waals surface area contributed by atoms with Gasteiger partial charge in [0.1, 0.15) is 5.01 Å². The zero-order chi connectivity index (χ0) is 14.9. The number of aromatic nitrogens is 1. The standard InChI is InChI=1S/C16H27N3OS/c1-13-12-21-15(17-13)10-19-8-6-16(7-9-19)5-4-14(11-20-3)18(16)2/h12,14H,4-11H2,1-3H3/t14-/m0/s1. The Hall–Kier alpha value is -0.490. The fourth-order valence-corrected chi connectivity index (χ4v) is 4.79. The van der Waals surface area contributed by atoms with Gasteiger partial charge in [0.25, 0.3) is 0 Å². The predicted octanol–water partition coefficient (Wildman–Crippen LogP) is 2.53. The van der Waals surface area contributed by atoms with Crippen LogP contribution in [0.4, 0.5) is 0 Å². The summed E-state index contributed by atoms with van der Waals surface area (Å²) in [5.74, 6) is 0. The molecule has 1 atom stereocenters. The van der Waals surface area contributed by atoms with Crippen molar-refractivity contribution in [3.63, 3.8) is 0 Å². The SMILES string of the molecule is COC[C@@H]1CCC2(CCN(Cc3nc(C)cs3)CC2)N1C. The van der Waals surface area contributed by atoms with Crippen LogP contribution < -0.4 is 0 Å². The van der Waals surface area contributed by atoms with E-state index in [2.05, 4.69) is 34.1 Å². The average Bonchev–Trinajstić information content (AvgIpc) is 3.01. The second kappa shape index (κ2) is 6.32. The minimum Gasteiger partial charge on any atom is -0.383 e. The minimum absolute atomic E-state index is 0.429. The van der Waals surface area contributed by atoms with Crippen molar-refractivity contribution in [2.45, 2.75) is 50.7 Å². The van der Waals surface area contributed by atoms with Gasteiger partial charge in [0.15, 0.2) is 0 Å². The molecule has 0 saturated carbocycles. The first-order valence-corrected chi connectivity index (χ1v) is 8.86. The molecule has 3 rings (SSSR count). The Bertz CT molecular complexity index is 468. The molecule has 0 radical (unpaired) electrons. The number of hydrogen-bond donors (Lipinski definition) is 0. The molecule has 2 fully saturated rings. The highest BCUT2D eigenvalue weighted by atomic mass is 32.1. The molecule has 4 nitrogen and oxygen atoms in total. The van der Waals surface area contributed by atoms with E-state index in [1.807, 2.05) is 7.11 Å². The van der Waals surface area contributed by atoms with Crippen LogP contribution in [0.2, 0.25) is 0 Å². The predicted molar refractivity (Wildman–Crippen MR) is 86.8 cm³/mol. The summed E-state index contributed by atoms with van der Waals surface area (Å²) < 4.78 is 5.37. The molecular formula is C16H27N3OS. The first kappa shape index (κ1) is 15.4. The maximum absolute atomic E-state index is 5.37. The topological polar surface area (TPSA) is 28.6 Å². The number of likely N-dealkylation sites (tertiary alicyclic amines) is 2. The van der Waals surface area contributed by atoms with Gasteiger partial charge >= 0.3 is 0 Å².